The Bertz CT molecular complexity index is 156. The number of carboxylic acid groups (broad SMARTS) is 2. The minimum absolute atomic E-state index is 0.0938. The molecular weight excluding hydrogens is 180 g/mol. The predicted octanol–water partition coefficient (Wildman–Crippen LogP) is -0.927. The highest BCUT2D eigenvalue weighted by atomic mass is 16.4. The highest BCUT2D eigenvalue weighted by Gasteiger charge is 1.88. The van der Waals surface area contributed by atoms with E-state index in [-0.39, 0.29) is 13.2 Å². The molecule has 0 aliphatic rings. The van der Waals surface area contributed by atoms with Gasteiger partial charge in [0, 0.05) is 25.4 Å². The van der Waals surface area contributed by atoms with Crippen LogP contribution in [0.2, 0.25) is 0 Å². The van der Waals surface area contributed by atoms with E-state index in [4.69, 9.17) is 20.4 Å². The lowest BCUT2D eigenvalue weighted by molar-refractivity contribution is -0.134. The van der Waals surface area contributed by atoms with Crippen molar-refractivity contribution in [3.63, 3.8) is 0 Å². The van der Waals surface area contributed by atoms with E-state index in [1.165, 1.54) is 0 Å². The van der Waals surface area contributed by atoms with Crippen molar-refractivity contribution in [3.05, 3.63) is 12.2 Å². The first-order valence-corrected chi connectivity index (χ1v) is 3.40. The summed E-state index contributed by atoms with van der Waals surface area (Å²) >= 11 is 0. The molecule has 0 saturated heterocycles. The molecule has 0 radical (unpaired) electrons. The van der Waals surface area contributed by atoms with E-state index in [0.29, 0.717) is 18.6 Å². The first-order valence-electron chi connectivity index (χ1n) is 3.40. The molecule has 0 spiro atoms. The Morgan fingerprint density at radius 1 is 0.923 bits per heavy atom. The van der Waals surface area contributed by atoms with Crippen LogP contribution < -0.4 is 0 Å². The van der Waals surface area contributed by atoms with Crippen molar-refractivity contribution in [3.8, 4) is 0 Å². The van der Waals surface area contributed by atoms with E-state index >= 15 is 0 Å². The van der Waals surface area contributed by atoms with Gasteiger partial charge in [-0.15, -0.1) is 0 Å². The van der Waals surface area contributed by atoms with E-state index < -0.39 is 11.9 Å². The third-order valence-electron chi connectivity index (χ3n) is 0.685. The average Bonchev–Trinajstić information content (AvgIpc) is 2.03. The molecule has 6 nitrogen and oxygen atoms in total. The minimum atomic E-state index is -1.26. The highest BCUT2D eigenvalue weighted by Crippen LogP contribution is 1.70. The van der Waals surface area contributed by atoms with Gasteiger partial charge in [-0.1, -0.05) is 0 Å². The van der Waals surface area contributed by atoms with Gasteiger partial charge in [-0.05, 0) is 6.42 Å². The van der Waals surface area contributed by atoms with Crippen LogP contribution in [-0.4, -0.2) is 45.6 Å². The van der Waals surface area contributed by atoms with E-state index in [1.807, 2.05) is 0 Å². The van der Waals surface area contributed by atoms with Crippen LogP contribution in [0, 0.1) is 0 Å². The van der Waals surface area contributed by atoms with Gasteiger partial charge in [0.25, 0.3) is 0 Å². The zero-order valence-corrected chi connectivity index (χ0v) is 6.88. The largest absolute Gasteiger partial charge is 0.478 e. The van der Waals surface area contributed by atoms with Gasteiger partial charge in [0.1, 0.15) is 0 Å². The molecule has 0 aromatic carbocycles. The molecule has 0 aliphatic carbocycles. The maximum atomic E-state index is 9.55. The predicted molar refractivity (Wildman–Crippen MR) is 43.2 cm³/mol. The summed E-state index contributed by atoms with van der Waals surface area (Å²) in [5.41, 5.74) is 0. The summed E-state index contributed by atoms with van der Waals surface area (Å²) in [5, 5.41) is 31.4. The molecule has 0 unspecified atom stereocenters. The fourth-order valence-electron chi connectivity index (χ4n) is 0.213. The normalized spacial score (nSPS) is 9.08. The van der Waals surface area contributed by atoms with E-state index in [2.05, 4.69) is 0 Å². The second-order valence-corrected chi connectivity index (χ2v) is 1.81. The van der Waals surface area contributed by atoms with Crippen LogP contribution in [-0.2, 0) is 9.59 Å². The van der Waals surface area contributed by atoms with Crippen LogP contribution in [0.4, 0.5) is 0 Å². The van der Waals surface area contributed by atoms with Crippen molar-refractivity contribution in [1.29, 1.82) is 0 Å². The van der Waals surface area contributed by atoms with Gasteiger partial charge in [-0.25, -0.2) is 9.59 Å². The quantitative estimate of drug-likeness (QED) is 0.428. The van der Waals surface area contributed by atoms with Gasteiger partial charge in [0.15, 0.2) is 0 Å². The number of aliphatic carboxylic acids is 2. The molecule has 76 valence electrons. The number of carboxylic acids is 2. The molecule has 0 fully saturated rings. The highest BCUT2D eigenvalue weighted by molar-refractivity contribution is 5.89. The second-order valence-electron chi connectivity index (χ2n) is 1.81. The van der Waals surface area contributed by atoms with E-state index in [9.17, 15) is 9.59 Å². The van der Waals surface area contributed by atoms with Crippen molar-refractivity contribution >= 4 is 11.9 Å². The van der Waals surface area contributed by atoms with Crippen LogP contribution in [0.25, 0.3) is 0 Å². The smallest absolute Gasteiger partial charge is 0.328 e. The Balaban J connectivity index is 0. The molecule has 0 saturated carbocycles. The van der Waals surface area contributed by atoms with Crippen molar-refractivity contribution < 1.29 is 30.0 Å². The molecule has 0 amide bonds. The molecule has 0 bridgehead atoms. The van der Waals surface area contributed by atoms with Crippen LogP contribution >= 0.6 is 0 Å². The van der Waals surface area contributed by atoms with Gasteiger partial charge >= 0.3 is 11.9 Å². The molecule has 6 heteroatoms. The zero-order valence-electron chi connectivity index (χ0n) is 6.88. The summed E-state index contributed by atoms with van der Waals surface area (Å²) in [4.78, 5) is 19.1. The topological polar surface area (TPSA) is 115 Å². The first kappa shape index (κ1) is 14.1. The maximum Gasteiger partial charge on any atom is 0.328 e. The van der Waals surface area contributed by atoms with Crippen molar-refractivity contribution in [1.82, 2.24) is 0 Å². The van der Waals surface area contributed by atoms with E-state index in [1.54, 1.807) is 0 Å². The molecule has 13 heavy (non-hydrogen) atoms. The summed E-state index contributed by atoms with van der Waals surface area (Å²) in [5.74, 6) is -2.51. The van der Waals surface area contributed by atoms with Gasteiger partial charge in [-0.2, -0.15) is 0 Å². The molecule has 0 rings (SSSR count). The monoisotopic (exact) mass is 192 g/mol. The van der Waals surface area contributed by atoms with E-state index in [0.717, 1.165) is 0 Å². The SMILES string of the molecule is O=C(O)/C=C/C(=O)O.OCCCO. The van der Waals surface area contributed by atoms with Gasteiger partial charge in [-0.3, -0.25) is 0 Å². The lowest BCUT2D eigenvalue weighted by atomic mass is 10.5. The third kappa shape index (κ3) is 25.0. The van der Waals surface area contributed by atoms with Crippen molar-refractivity contribution in [2.24, 2.45) is 0 Å². The summed E-state index contributed by atoms with van der Waals surface area (Å²) in [6.07, 6.45) is 1.62. The maximum absolute atomic E-state index is 9.55. The van der Waals surface area contributed by atoms with Crippen LogP contribution in [0.15, 0.2) is 12.2 Å². The summed E-state index contributed by atoms with van der Waals surface area (Å²) in [6.45, 7) is 0.188. The average molecular weight is 192 g/mol. The Morgan fingerprint density at radius 2 is 1.23 bits per heavy atom. The molecule has 0 aromatic rings. The number of aliphatic hydroxyl groups is 2. The lowest BCUT2D eigenvalue weighted by Crippen LogP contribution is -1.91. The Morgan fingerprint density at radius 3 is 1.31 bits per heavy atom. The van der Waals surface area contributed by atoms with Gasteiger partial charge in [0.05, 0.1) is 0 Å². The Labute approximate surface area is 74.7 Å². The minimum Gasteiger partial charge on any atom is -0.478 e. The van der Waals surface area contributed by atoms with Crippen LogP contribution in [0.3, 0.4) is 0 Å². The third-order valence-corrected chi connectivity index (χ3v) is 0.685. The number of carbonyl (C=O) groups is 2. The number of hydrogen-bond donors (Lipinski definition) is 4. The summed E-state index contributed by atoms with van der Waals surface area (Å²) < 4.78 is 0. The molecule has 4 N–H and O–H groups in total. The van der Waals surface area contributed by atoms with Crippen molar-refractivity contribution in [2.75, 3.05) is 13.2 Å². The number of hydrogen-bond acceptors (Lipinski definition) is 4. The van der Waals surface area contributed by atoms with Gasteiger partial charge < -0.3 is 20.4 Å². The first-order chi connectivity index (χ1) is 6.04. The second kappa shape index (κ2) is 10.6. The molecule has 0 atom stereocenters. The van der Waals surface area contributed by atoms with Gasteiger partial charge in [0.2, 0.25) is 0 Å². The number of aliphatic hydroxyl groups excluding tert-OH is 2. The molecular formula is C7H12O6. The fourth-order valence-corrected chi connectivity index (χ4v) is 0.213. The molecule has 0 aromatic heterocycles. The summed E-state index contributed by atoms with van der Waals surface area (Å²) in [6, 6.07) is 0. The zero-order chi connectivity index (χ0) is 10.7. The Hall–Kier alpha value is -1.40. The fraction of sp³-hybridized carbons (Fsp3) is 0.429. The van der Waals surface area contributed by atoms with Crippen LogP contribution in [0.1, 0.15) is 6.42 Å². The number of rotatable bonds is 4. The molecule has 0 heterocycles. The lowest BCUT2D eigenvalue weighted by Gasteiger charge is -1.79. The van der Waals surface area contributed by atoms with Crippen LogP contribution in [0.5, 0.6) is 0 Å². The van der Waals surface area contributed by atoms with Crippen molar-refractivity contribution in [2.45, 2.75) is 6.42 Å². The summed E-state index contributed by atoms with van der Waals surface area (Å²) in [7, 11) is 0. The molecule has 0 aliphatic heterocycles. The standard InChI is InChI=1S/C4H4O4.C3H8O2/c5-3(6)1-2-4(7)8;4-2-1-3-5/h1-2H,(H,5,6)(H,7,8);4-5H,1-3H2/b2-1+;. The Kier molecular flexibility index (Phi) is 11.5.